The minimum Gasteiger partial charge on any atom is -0.481 e. The second kappa shape index (κ2) is 4.56. The molecule has 1 aromatic carbocycles. The molecule has 0 aliphatic heterocycles. The van der Waals surface area contributed by atoms with Crippen LogP contribution in [0.3, 0.4) is 0 Å². The summed E-state index contributed by atoms with van der Waals surface area (Å²) < 4.78 is 0. The first-order valence-corrected chi connectivity index (χ1v) is 5.63. The Hall–Kier alpha value is -2.23. The lowest BCUT2D eigenvalue weighted by Crippen LogP contribution is -2.29. The second-order valence-corrected chi connectivity index (χ2v) is 4.58. The fraction of sp³-hybridized carbons (Fsp3) is 0.214. The maximum absolute atomic E-state index is 11.1. The number of aliphatic carboxylic acids is 1. The van der Waals surface area contributed by atoms with Crippen LogP contribution in [0.1, 0.15) is 19.5 Å². The highest BCUT2D eigenvalue weighted by Crippen LogP contribution is 2.22. The highest BCUT2D eigenvalue weighted by Gasteiger charge is 2.31. The van der Waals surface area contributed by atoms with Gasteiger partial charge in [-0.1, -0.05) is 30.3 Å². The van der Waals surface area contributed by atoms with E-state index in [0.717, 1.165) is 11.3 Å². The molecule has 2 aromatic rings. The van der Waals surface area contributed by atoms with Crippen LogP contribution in [-0.2, 0) is 10.2 Å². The fourth-order valence-corrected chi connectivity index (χ4v) is 1.52. The summed E-state index contributed by atoms with van der Waals surface area (Å²) in [6, 6.07) is 9.65. The molecule has 0 unspecified atom stereocenters. The minimum absolute atomic E-state index is 0.453. The standard InChI is InChI=1S/C14H14N2O2/c1-14(2,13(17)18)12-9-15-11(8-16-12)10-6-4-3-5-7-10/h3-9H,1-2H3,(H,17,18). The number of nitrogens with zero attached hydrogens (tertiary/aromatic N) is 2. The van der Waals surface area contributed by atoms with Gasteiger partial charge in [0.1, 0.15) is 5.41 Å². The number of carboxylic acid groups (broad SMARTS) is 1. The van der Waals surface area contributed by atoms with Crippen molar-refractivity contribution in [1.29, 1.82) is 0 Å². The Balaban J connectivity index is 2.35. The van der Waals surface area contributed by atoms with Crippen molar-refractivity contribution in [3.8, 4) is 11.3 Å². The molecule has 4 nitrogen and oxygen atoms in total. The summed E-state index contributed by atoms with van der Waals surface area (Å²) in [6.45, 7) is 3.23. The quantitative estimate of drug-likeness (QED) is 0.898. The van der Waals surface area contributed by atoms with Crippen LogP contribution in [0.5, 0.6) is 0 Å². The molecule has 1 N–H and O–H groups in total. The van der Waals surface area contributed by atoms with Gasteiger partial charge in [0.2, 0.25) is 0 Å². The number of rotatable bonds is 3. The van der Waals surface area contributed by atoms with Gasteiger partial charge >= 0.3 is 5.97 Å². The number of carbonyl (C=O) groups is 1. The van der Waals surface area contributed by atoms with Crippen LogP contribution in [-0.4, -0.2) is 21.0 Å². The van der Waals surface area contributed by atoms with E-state index in [0.29, 0.717) is 5.69 Å². The van der Waals surface area contributed by atoms with Crippen molar-refractivity contribution in [3.05, 3.63) is 48.4 Å². The second-order valence-electron chi connectivity index (χ2n) is 4.58. The maximum atomic E-state index is 11.1. The molecule has 0 bridgehead atoms. The molecule has 4 heteroatoms. The summed E-state index contributed by atoms with van der Waals surface area (Å²) in [5.41, 5.74) is 1.13. The molecule has 0 saturated heterocycles. The van der Waals surface area contributed by atoms with E-state index in [1.165, 1.54) is 6.20 Å². The average Bonchev–Trinajstić information content (AvgIpc) is 2.40. The summed E-state index contributed by atoms with van der Waals surface area (Å²) in [6.07, 6.45) is 3.13. The zero-order valence-corrected chi connectivity index (χ0v) is 10.3. The van der Waals surface area contributed by atoms with Crippen molar-refractivity contribution in [2.45, 2.75) is 19.3 Å². The van der Waals surface area contributed by atoms with Gasteiger partial charge in [-0.05, 0) is 13.8 Å². The monoisotopic (exact) mass is 242 g/mol. The Morgan fingerprint density at radius 3 is 2.28 bits per heavy atom. The van der Waals surface area contributed by atoms with Gasteiger partial charge in [-0.3, -0.25) is 14.8 Å². The van der Waals surface area contributed by atoms with Gasteiger partial charge in [0.15, 0.2) is 0 Å². The predicted molar refractivity (Wildman–Crippen MR) is 68.1 cm³/mol. The van der Waals surface area contributed by atoms with E-state index >= 15 is 0 Å². The van der Waals surface area contributed by atoms with E-state index in [1.54, 1.807) is 20.0 Å². The van der Waals surface area contributed by atoms with Crippen LogP contribution in [0.4, 0.5) is 0 Å². The first-order chi connectivity index (χ1) is 8.51. The van der Waals surface area contributed by atoms with Gasteiger partial charge in [0.25, 0.3) is 0 Å². The van der Waals surface area contributed by atoms with Gasteiger partial charge in [0, 0.05) is 5.56 Å². The number of hydrogen-bond donors (Lipinski definition) is 1. The molecule has 1 aromatic heterocycles. The Kier molecular flexibility index (Phi) is 3.10. The number of benzene rings is 1. The third-order valence-corrected chi connectivity index (χ3v) is 2.90. The largest absolute Gasteiger partial charge is 0.481 e. The van der Waals surface area contributed by atoms with E-state index in [-0.39, 0.29) is 0 Å². The molecule has 0 amide bonds. The summed E-state index contributed by atoms with van der Waals surface area (Å²) in [7, 11) is 0. The molecule has 1 heterocycles. The third kappa shape index (κ3) is 2.22. The summed E-state index contributed by atoms with van der Waals surface area (Å²) in [4.78, 5) is 19.6. The molecule has 0 aliphatic carbocycles. The van der Waals surface area contributed by atoms with Gasteiger partial charge < -0.3 is 5.11 Å². The molecular weight excluding hydrogens is 228 g/mol. The molecule has 0 saturated carbocycles. The van der Waals surface area contributed by atoms with Crippen molar-refractivity contribution < 1.29 is 9.90 Å². The molecule has 2 rings (SSSR count). The molecule has 0 fully saturated rings. The maximum Gasteiger partial charge on any atom is 0.315 e. The van der Waals surface area contributed by atoms with Crippen molar-refractivity contribution in [2.24, 2.45) is 0 Å². The van der Waals surface area contributed by atoms with Gasteiger partial charge in [-0.25, -0.2) is 0 Å². The lowest BCUT2D eigenvalue weighted by Gasteiger charge is -2.17. The molecule has 0 aliphatic rings. The topological polar surface area (TPSA) is 63.1 Å². The van der Waals surface area contributed by atoms with Crippen LogP contribution in [0.2, 0.25) is 0 Å². The molecular formula is C14H14N2O2. The Morgan fingerprint density at radius 2 is 1.78 bits per heavy atom. The van der Waals surface area contributed by atoms with E-state index in [4.69, 9.17) is 5.11 Å². The number of aromatic nitrogens is 2. The van der Waals surface area contributed by atoms with Gasteiger partial charge in [-0.15, -0.1) is 0 Å². The molecule has 0 atom stereocenters. The van der Waals surface area contributed by atoms with E-state index in [2.05, 4.69) is 9.97 Å². The lowest BCUT2D eigenvalue weighted by atomic mass is 9.90. The number of carboxylic acids is 1. The van der Waals surface area contributed by atoms with Crippen LogP contribution >= 0.6 is 0 Å². The van der Waals surface area contributed by atoms with Crippen LogP contribution in [0, 0.1) is 0 Å². The fourth-order valence-electron chi connectivity index (χ4n) is 1.52. The molecule has 18 heavy (non-hydrogen) atoms. The van der Waals surface area contributed by atoms with E-state index < -0.39 is 11.4 Å². The highest BCUT2D eigenvalue weighted by atomic mass is 16.4. The Bertz CT molecular complexity index is 548. The summed E-state index contributed by atoms with van der Waals surface area (Å²) >= 11 is 0. The zero-order chi connectivity index (χ0) is 13.2. The summed E-state index contributed by atoms with van der Waals surface area (Å²) in [5.74, 6) is -0.913. The van der Waals surface area contributed by atoms with Crippen molar-refractivity contribution in [2.75, 3.05) is 0 Å². The third-order valence-electron chi connectivity index (χ3n) is 2.90. The normalized spacial score (nSPS) is 11.2. The van der Waals surface area contributed by atoms with Crippen molar-refractivity contribution >= 4 is 5.97 Å². The summed E-state index contributed by atoms with van der Waals surface area (Å²) in [5, 5.41) is 9.11. The van der Waals surface area contributed by atoms with Crippen LogP contribution < -0.4 is 0 Å². The van der Waals surface area contributed by atoms with Crippen molar-refractivity contribution in [3.63, 3.8) is 0 Å². The van der Waals surface area contributed by atoms with Gasteiger partial charge in [0.05, 0.1) is 23.8 Å². The Labute approximate surface area is 105 Å². The van der Waals surface area contributed by atoms with Crippen LogP contribution in [0.25, 0.3) is 11.3 Å². The smallest absolute Gasteiger partial charge is 0.315 e. The lowest BCUT2D eigenvalue weighted by molar-refractivity contribution is -0.142. The zero-order valence-electron chi connectivity index (χ0n) is 10.3. The SMILES string of the molecule is CC(C)(C(=O)O)c1cnc(-c2ccccc2)cn1. The first-order valence-electron chi connectivity index (χ1n) is 5.63. The highest BCUT2D eigenvalue weighted by molar-refractivity contribution is 5.79. The number of hydrogen-bond acceptors (Lipinski definition) is 3. The molecule has 92 valence electrons. The van der Waals surface area contributed by atoms with Crippen LogP contribution in [0.15, 0.2) is 42.7 Å². The Morgan fingerprint density at radius 1 is 1.11 bits per heavy atom. The minimum atomic E-state index is -1.03. The van der Waals surface area contributed by atoms with E-state index in [1.807, 2.05) is 30.3 Å². The first kappa shape index (κ1) is 12.2. The van der Waals surface area contributed by atoms with Gasteiger partial charge in [-0.2, -0.15) is 0 Å². The predicted octanol–water partition coefficient (Wildman–Crippen LogP) is 2.51. The molecule has 0 radical (unpaired) electrons. The molecule has 0 spiro atoms. The van der Waals surface area contributed by atoms with E-state index in [9.17, 15) is 4.79 Å². The van der Waals surface area contributed by atoms with Crippen molar-refractivity contribution in [1.82, 2.24) is 9.97 Å². The average molecular weight is 242 g/mol.